The zero-order chi connectivity index (χ0) is 30.1. The number of quaternary nitrogens is 1. The molecular formula is C29H34Cl2N6O4S2. The molecule has 2 aliphatic heterocycles. The largest absolute Gasteiger partial charge is 0.632 e. The maximum Gasteiger partial charge on any atom is 0.306 e. The third kappa shape index (κ3) is 6.64. The van der Waals surface area contributed by atoms with Gasteiger partial charge in [-0.15, -0.1) is 11.3 Å². The van der Waals surface area contributed by atoms with Crippen LogP contribution in [0.3, 0.4) is 0 Å². The Labute approximate surface area is 268 Å². The zero-order valence-electron chi connectivity index (χ0n) is 23.6. The van der Waals surface area contributed by atoms with Gasteiger partial charge in [-0.05, 0) is 50.7 Å². The number of nitrogens with zero attached hydrogens (tertiary/aromatic N) is 5. The molecule has 43 heavy (non-hydrogen) atoms. The van der Waals surface area contributed by atoms with Crippen LogP contribution in [0.2, 0.25) is 10.0 Å². The minimum Gasteiger partial charge on any atom is -0.632 e. The molecule has 3 aliphatic rings. The number of thiazole rings is 1. The highest BCUT2D eigenvalue weighted by atomic mass is 35.5. The highest BCUT2D eigenvalue weighted by Crippen LogP contribution is 2.43. The van der Waals surface area contributed by atoms with E-state index in [4.69, 9.17) is 28.2 Å². The number of anilines is 3. The first-order chi connectivity index (χ1) is 20.7. The number of carboxylic acid groups (broad SMARTS) is 1. The Morgan fingerprint density at radius 1 is 1.00 bits per heavy atom. The maximum atomic E-state index is 13.7. The minimum atomic E-state index is -0.779. The van der Waals surface area contributed by atoms with Gasteiger partial charge in [0.15, 0.2) is 10.9 Å². The summed E-state index contributed by atoms with van der Waals surface area (Å²) in [5, 5.41) is 29.2. The summed E-state index contributed by atoms with van der Waals surface area (Å²) in [6.07, 6.45) is 8.06. The van der Waals surface area contributed by atoms with Gasteiger partial charge in [0.1, 0.15) is 5.82 Å². The number of halogens is 2. The lowest BCUT2D eigenvalue weighted by atomic mass is 9.93. The fraction of sp³-hybridized carbons (Fsp3) is 0.517. The maximum absolute atomic E-state index is 13.7. The van der Waals surface area contributed by atoms with Crippen LogP contribution >= 0.6 is 45.9 Å². The molecule has 3 aromatic rings. The fourth-order valence-electron chi connectivity index (χ4n) is 6.40. The predicted molar refractivity (Wildman–Crippen MR) is 173 cm³/mol. The van der Waals surface area contributed by atoms with Gasteiger partial charge >= 0.3 is 5.97 Å². The van der Waals surface area contributed by atoms with Gasteiger partial charge in [-0.25, -0.2) is 9.97 Å². The first-order valence-corrected chi connectivity index (χ1v) is 17.2. The van der Waals surface area contributed by atoms with E-state index in [-0.39, 0.29) is 22.5 Å². The molecule has 0 bridgehead atoms. The van der Waals surface area contributed by atoms with E-state index in [1.807, 2.05) is 16.3 Å². The van der Waals surface area contributed by atoms with Crippen LogP contribution < -0.4 is 15.1 Å². The van der Waals surface area contributed by atoms with Crippen molar-refractivity contribution in [3.8, 4) is 9.75 Å². The van der Waals surface area contributed by atoms with Crippen LogP contribution in [0, 0.1) is 11.1 Å². The number of thiophene rings is 1. The number of aromatic nitrogens is 2. The Balaban J connectivity index is 1.17. The van der Waals surface area contributed by atoms with Crippen LogP contribution in [0.25, 0.3) is 9.75 Å². The third-order valence-corrected chi connectivity index (χ3v) is 11.6. The van der Waals surface area contributed by atoms with Crippen LogP contribution in [0.4, 0.5) is 16.8 Å². The molecular weight excluding hydrogens is 631 g/mol. The monoisotopic (exact) mass is 664 g/mol. The first-order valence-electron chi connectivity index (χ1n) is 14.7. The average Bonchev–Trinajstić information content (AvgIpc) is 3.64. The third-order valence-electron chi connectivity index (χ3n) is 8.89. The number of hydroxylamine groups is 3. The second-order valence-corrected chi connectivity index (χ2v) is 14.3. The number of hydrogen-bond acceptors (Lipinski definition) is 9. The average molecular weight is 666 g/mol. The smallest absolute Gasteiger partial charge is 0.306 e. The number of rotatable bonds is 7. The van der Waals surface area contributed by atoms with Crippen molar-refractivity contribution in [1.82, 2.24) is 9.97 Å². The molecule has 1 saturated carbocycles. The van der Waals surface area contributed by atoms with Crippen molar-refractivity contribution in [1.29, 1.82) is 0 Å². The van der Waals surface area contributed by atoms with Crippen molar-refractivity contribution in [2.24, 2.45) is 5.92 Å². The zero-order valence-corrected chi connectivity index (χ0v) is 26.8. The van der Waals surface area contributed by atoms with Crippen LogP contribution in [0.1, 0.15) is 55.3 Å². The predicted octanol–water partition coefficient (Wildman–Crippen LogP) is 6.59. The number of hydrogen-bond donors (Lipinski definition) is 2. The SMILES string of the molecule is O=C(Nc1nc(N2CC[N+]([O-])(C3CCCCC3)CC2)c(-c2cc(Cl)cs2)s1)c1cnc(N2CCC(C(=O)O)CC2)c(Cl)c1. The van der Waals surface area contributed by atoms with Crippen LogP contribution in [0.5, 0.6) is 0 Å². The first kappa shape index (κ1) is 30.5. The topological polar surface area (TPSA) is 122 Å². The number of carbonyl (C=O) groups excluding carboxylic acids is 1. The number of pyridine rings is 1. The fourth-order valence-corrected chi connectivity index (χ4v) is 8.86. The molecule has 0 unspecified atom stereocenters. The molecule has 2 saturated heterocycles. The van der Waals surface area contributed by atoms with Crippen molar-refractivity contribution in [3.63, 3.8) is 0 Å². The van der Waals surface area contributed by atoms with E-state index in [2.05, 4.69) is 15.2 Å². The molecule has 0 radical (unpaired) electrons. The Morgan fingerprint density at radius 3 is 2.33 bits per heavy atom. The van der Waals surface area contributed by atoms with Gasteiger partial charge in [-0.2, -0.15) is 0 Å². The lowest BCUT2D eigenvalue weighted by molar-refractivity contribution is -0.907. The molecule has 1 aliphatic carbocycles. The Hall–Kier alpha value is -2.48. The van der Waals surface area contributed by atoms with Gasteiger partial charge in [0.2, 0.25) is 0 Å². The number of carboxylic acids is 1. The van der Waals surface area contributed by atoms with Crippen molar-refractivity contribution >= 4 is 74.5 Å². The van der Waals surface area contributed by atoms with E-state index < -0.39 is 5.97 Å². The van der Waals surface area contributed by atoms with Crippen LogP contribution in [-0.4, -0.2) is 76.9 Å². The molecule has 3 fully saturated rings. The molecule has 5 heterocycles. The standard InChI is InChI=1S/C29H34Cl2N6O4S2/c30-20-15-23(42-17-20)24-26(36-10-12-37(41,13-11-36)21-4-2-1-3-5-21)33-29(43-24)34-27(38)19-14-22(31)25(32-16-19)35-8-6-18(7-9-35)28(39)40/h14-18,21H,1-13H2,(H,39,40)(H,33,34,38). The summed E-state index contributed by atoms with van der Waals surface area (Å²) in [5.41, 5.74) is 0.297. The molecule has 2 N–H and O–H groups in total. The van der Waals surface area contributed by atoms with Gasteiger partial charge in [-0.3, -0.25) is 14.9 Å². The summed E-state index contributed by atoms with van der Waals surface area (Å²) in [6.45, 7) is 3.34. The highest BCUT2D eigenvalue weighted by molar-refractivity contribution is 7.24. The Kier molecular flexibility index (Phi) is 9.14. The normalized spacial score (nSPS) is 19.9. The van der Waals surface area contributed by atoms with E-state index in [0.29, 0.717) is 78.7 Å². The molecule has 0 spiro atoms. The second-order valence-electron chi connectivity index (χ2n) is 11.6. The van der Waals surface area contributed by atoms with Gasteiger partial charge in [-0.1, -0.05) is 41.0 Å². The summed E-state index contributed by atoms with van der Waals surface area (Å²) in [6, 6.07) is 3.68. The number of piperidine rings is 1. The van der Waals surface area contributed by atoms with E-state index in [1.54, 1.807) is 6.07 Å². The van der Waals surface area contributed by atoms with E-state index in [0.717, 1.165) is 41.3 Å². The Bertz CT molecular complexity index is 1480. The van der Waals surface area contributed by atoms with Gasteiger partial charge in [0.25, 0.3) is 5.91 Å². The lowest BCUT2D eigenvalue weighted by Gasteiger charge is -2.54. The van der Waals surface area contributed by atoms with Gasteiger partial charge < -0.3 is 24.8 Å². The summed E-state index contributed by atoms with van der Waals surface area (Å²) in [4.78, 5) is 39.8. The molecule has 10 nitrogen and oxygen atoms in total. The summed E-state index contributed by atoms with van der Waals surface area (Å²) >= 11 is 15.7. The molecule has 6 rings (SSSR count). The summed E-state index contributed by atoms with van der Waals surface area (Å²) in [7, 11) is 0. The number of amides is 1. The van der Waals surface area contributed by atoms with Gasteiger partial charge in [0.05, 0.1) is 58.6 Å². The lowest BCUT2D eigenvalue weighted by Crippen LogP contribution is -2.61. The Morgan fingerprint density at radius 2 is 1.70 bits per heavy atom. The molecule has 1 amide bonds. The number of piperazine rings is 1. The van der Waals surface area contributed by atoms with Crippen LogP contribution in [0.15, 0.2) is 23.7 Å². The molecule has 0 aromatic carbocycles. The highest BCUT2D eigenvalue weighted by Gasteiger charge is 2.36. The van der Waals surface area contributed by atoms with E-state index in [9.17, 15) is 19.9 Å². The number of carbonyl (C=O) groups is 2. The van der Waals surface area contributed by atoms with Crippen molar-refractivity contribution in [2.45, 2.75) is 51.0 Å². The van der Waals surface area contributed by atoms with Crippen molar-refractivity contribution < 1.29 is 19.3 Å². The molecule has 230 valence electrons. The summed E-state index contributed by atoms with van der Waals surface area (Å²) < 4.78 is -0.119. The van der Waals surface area contributed by atoms with E-state index >= 15 is 0 Å². The number of nitrogens with one attached hydrogen (secondary N) is 1. The minimum absolute atomic E-state index is 0.119. The molecule has 0 atom stereocenters. The van der Waals surface area contributed by atoms with Crippen molar-refractivity contribution in [3.05, 3.63) is 44.5 Å². The van der Waals surface area contributed by atoms with Crippen molar-refractivity contribution in [2.75, 3.05) is 54.4 Å². The number of aliphatic carboxylic acids is 1. The summed E-state index contributed by atoms with van der Waals surface area (Å²) in [5.74, 6) is -0.222. The van der Waals surface area contributed by atoms with Crippen LogP contribution in [-0.2, 0) is 4.79 Å². The molecule has 14 heteroatoms. The second kappa shape index (κ2) is 12.9. The molecule has 3 aromatic heterocycles. The van der Waals surface area contributed by atoms with Gasteiger partial charge in [0, 0.05) is 29.5 Å². The quantitative estimate of drug-likeness (QED) is 0.214. The van der Waals surface area contributed by atoms with E-state index in [1.165, 1.54) is 35.3 Å².